The van der Waals surface area contributed by atoms with E-state index in [4.69, 9.17) is 16.0 Å². The molecule has 0 bridgehead atoms. The molecule has 0 fully saturated rings. The van der Waals surface area contributed by atoms with Crippen molar-refractivity contribution in [1.82, 2.24) is 5.32 Å². The second-order valence-corrected chi connectivity index (χ2v) is 8.15. The number of hydrogen-bond acceptors (Lipinski definition) is 4. The van der Waals surface area contributed by atoms with Gasteiger partial charge in [-0.3, -0.25) is 4.79 Å². The van der Waals surface area contributed by atoms with Gasteiger partial charge >= 0.3 is 0 Å². The Morgan fingerprint density at radius 3 is 2.31 bits per heavy atom. The summed E-state index contributed by atoms with van der Waals surface area (Å²) in [6.07, 6.45) is 1.40. The molecule has 0 spiro atoms. The van der Waals surface area contributed by atoms with Crippen molar-refractivity contribution < 1.29 is 17.6 Å². The Balaban J connectivity index is 1.86. The molecule has 1 N–H and O–H groups in total. The molecular formula is C19H16ClNO4S. The number of benzene rings is 2. The van der Waals surface area contributed by atoms with E-state index in [-0.39, 0.29) is 23.1 Å². The fraction of sp³-hybridized carbons (Fsp3) is 0.105. The van der Waals surface area contributed by atoms with Crippen LogP contribution in [0.2, 0.25) is 5.02 Å². The van der Waals surface area contributed by atoms with Crippen molar-refractivity contribution in [3.8, 4) is 0 Å². The maximum absolute atomic E-state index is 13.0. The van der Waals surface area contributed by atoms with E-state index >= 15 is 0 Å². The van der Waals surface area contributed by atoms with Gasteiger partial charge in [-0.1, -0.05) is 29.8 Å². The van der Waals surface area contributed by atoms with Crippen molar-refractivity contribution in [2.75, 3.05) is 6.54 Å². The number of nitrogens with one attached hydrogen (secondary N) is 1. The van der Waals surface area contributed by atoms with Crippen LogP contribution >= 0.6 is 11.6 Å². The summed E-state index contributed by atoms with van der Waals surface area (Å²) >= 11 is 5.84. The highest BCUT2D eigenvalue weighted by Crippen LogP contribution is 2.29. The fourth-order valence-electron chi connectivity index (χ4n) is 2.50. The number of amides is 1. The zero-order valence-corrected chi connectivity index (χ0v) is 15.2. The number of carbonyl (C=O) groups excluding carboxylic acids is 1. The monoisotopic (exact) mass is 389 g/mol. The molecule has 7 heteroatoms. The average Bonchev–Trinajstić information content (AvgIpc) is 3.17. The third-order valence-corrected chi connectivity index (χ3v) is 6.19. The van der Waals surface area contributed by atoms with E-state index in [2.05, 4.69) is 5.32 Å². The Labute approximate surface area is 156 Å². The fourth-order valence-corrected chi connectivity index (χ4v) is 4.22. The lowest BCUT2D eigenvalue weighted by Crippen LogP contribution is -2.31. The highest BCUT2D eigenvalue weighted by molar-refractivity contribution is 7.91. The number of furan rings is 1. The van der Waals surface area contributed by atoms with Crippen molar-refractivity contribution in [3.63, 3.8) is 0 Å². The van der Waals surface area contributed by atoms with E-state index < -0.39 is 15.1 Å². The average molecular weight is 390 g/mol. The number of halogens is 1. The molecule has 0 radical (unpaired) electrons. The minimum atomic E-state index is -3.79. The van der Waals surface area contributed by atoms with E-state index in [1.807, 2.05) is 0 Å². The number of carbonyl (C=O) groups is 1. The van der Waals surface area contributed by atoms with Gasteiger partial charge in [-0.05, 0) is 48.5 Å². The molecule has 3 rings (SSSR count). The second kappa shape index (κ2) is 7.76. The van der Waals surface area contributed by atoms with Crippen LogP contribution in [0.4, 0.5) is 0 Å². The van der Waals surface area contributed by atoms with Gasteiger partial charge in [-0.15, -0.1) is 0 Å². The topological polar surface area (TPSA) is 76.4 Å². The standard InChI is InChI=1S/C19H16ClNO4S/c20-15-8-10-16(11-9-15)26(23,24)18(17-7-4-12-25-17)13-21-19(22)14-5-2-1-3-6-14/h1-12,18H,13H2,(H,21,22)/t18-/m1/s1. The third kappa shape index (κ3) is 3.98. The molecular weight excluding hydrogens is 374 g/mol. The van der Waals surface area contributed by atoms with Gasteiger partial charge in [0.1, 0.15) is 11.0 Å². The molecule has 26 heavy (non-hydrogen) atoms. The summed E-state index contributed by atoms with van der Waals surface area (Å²) in [5.41, 5.74) is 0.453. The molecule has 0 saturated heterocycles. The van der Waals surface area contributed by atoms with Gasteiger partial charge in [0.25, 0.3) is 5.91 Å². The van der Waals surface area contributed by atoms with Crippen molar-refractivity contribution in [2.24, 2.45) is 0 Å². The molecule has 1 aromatic heterocycles. The lowest BCUT2D eigenvalue weighted by atomic mass is 10.2. The summed E-state index contributed by atoms with van der Waals surface area (Å²) in [5.74, 6) is -0.0956. The Kier molecular flexibility index (Phi) is 5.44. The summed E-state index contributed by atoms with van der Waals surface area (Å²) in [6, 6.07) is 17.7. The predicted molar refractivity (Wildman–Crippen MR) is 98.9 cm³/mol. The van der Waals surface area contributed by atoms with Crippen molar-refractivity contribution in [1.29, 1.82) is 0 Å². The minimum absolute atomic E-state index is 0.109. The van der Waals surface area contributed by atoms with Crippen LogP contribution < -0.4 is 5.32 Å². The molecule has 5 nitrogen and oxygen atoms in total. The van der Waals surface area contributed by atoms with Gasteiger partial charge in [0, 0.05) is 17.1 Å². The largest absolute Gasteiger partial charge is 0.468 e. The van der Waals surface area contributed by atoms with Crippen LogP contribution in [0.5, 0.6) is 0 Å². The molecule has 1 atom stereocenters. The van der Waals surface area contributed by atoms with Crippen LogP contribution in [0.15, 0.2) is 82.3 Å². The number of hydrogen-bond donors (Lipinski definition) is 1. The molecule has 0 aliphatic carbocycles. The van der Waals surface area contributed by atoms with E-state index in [0.717, 1.165) is 0 Å². The predicted octanol–water partition coefficient (Wildman–Crippen LogP) is 3.88. The van der Waals surface area contributed by atoms with Gasteiger partial charge < -0.3 is 9.73 Å². The molecule has 134 valence electrons. The number of rotatable bonds is 6. The van der Waals surface area contributed by atoms with Gasteiger partial charge in [-0.2, -0.15) is 0 Å². The summed E-state index contributed by atoms with van der Waals surface area (Å²) < 4.78 is 31.4. The first-order chi connectivity index (χ1) is 12.5. The molecule has 2 aromatic carbocycles. The Morgan fingerprint density at radius 2 is 1.69 bits per heavy atom. The Morgan fingerprint density at radius 1 is 1.00 bits per heavy atom. The molecule has 0 unspecified atom stereocenters. The van der Waals surface area contributed by atoms with Gasteiger partial charge in [0.2, 0.25) is 0 Å². The zero-order chi connectivity index (χ0) is 18.6. The molecule has 3 aromatic rings. The molecule has 1 heterocycles. The SMILES string of the molecule is O=C(NC[C@H](c1ccco1)S(=O)(=O)c1ccc(Cl)cc1)c1ccccc1. The normalized spacial score (nSPS) is 12.5. The second-order valence-electron chi connectivity index (χ2n) is 5.58. The first-order valence-electron chi connectivity index (χ1n) is 7.84. The lowest BCUT2D eigenvalue weighted by Gasteiger charge is -2.17. The van der Waals surface area contributed by atoms with Gasteiger partial charge in [-0.25, -0.2) is 8.42 Å². The van der Waals surface area contributed by atoms with Crippen LogP contribution in [0.25, 0.3) is 0 Å². The maximum Gasteiger partial charge on any atom is 0.251 e. The summed E-state index contributed by atoms with van der Waals surface area (Å²) in [4.78, 5) is 12.4. The van der Waals surface area contributed by atoms with E-state index in [1.54, 1.807) is 42.5 Å². The summed E-state index contributed by atoms with van der Waals surface area (Å²) in [7, 11) is -3.79. The highest BCUT2D eigenvalue weighted by atomic mass is 35.5. The van der Waals surface area contributed by atoms with Gasteiger partial charge in [0.05, 0.1) is 11.2 Å². The quantitative estimate of drug-likeness (QED) is 0.694. The summed E-state index contributed by atoms with van der Waals surface area (Å²) in [6.45, 7) is -0.119. The van der Waals surface area contributed by atoms with Crippen LogP contribution in [0, 0.1) is 0 Å². The molecule has 0 aliphatic rings. The number of sulfone groups is 1. The first kappa shape index (κ1) is 18.2. The minimum Gasteiger partial charge on any atom is -0.468 e. The van der Waals surface area contributed by atoms with Crippen LogP contribution in [-0.4, -0.2) is 20.9 Å². The molecule has 0 saturated carbocycles. The zero-order valence-electron chi connectivity index (χ0n) is 13.6. The van der Waals surface area contributed by atoms with Gasteiger partial charge in [0.15, 0.2) is 9.84 Å². The molecule has 1 amide bonds. The smallest absolute Gasteiger partial charge is 0.251 e. The Bertz CT molecular complexity index is 968. The lowest BCUT2D eigenvalue weighted by molar-refractivity contribution is 0.0953. The van der Waals surface area contributed by atoms with Crippen molar-refractivity contribution in [2.45, 2.75) is 10.1 Å². The maximum atomic E-state index is 13.0. The Hall–Kier alpha value is -2.57. The van der Waals surface area contributed by atoms with Crippen molar-refractivity contribution >= 4 is 27.3 Å². The van der Waals surface area contributed by atoms with E-state index in [9.17, 15) is 13.2 Å². The summed E-state index contributed by atoms with van der Waals surface area (Å²) in [5, 5.41) is 2.06. The van der Waals surface area contributed by atoms with Crippen LogP contribution in [0.1, 0.15) is 21.4 Å². The first-order valence-corrected chi connectivity index (χ1v) is 9.77. The van der Waals surface area contributed by atoms with E-state index in [1.165, 1.54) is 30.5 Å². The van der Waals surface area contributed by atoms with Crippen molar-refractivity contribution in [3.05, 3.63) is 89.3 Å². The van der Waals surface area contributed by atoms with E-state index in [0.29, 0.717) is 10.6 Å². The highest BCUT2D eigenvalue weighted by Gasteiger charge is 2.31. The third-order valence-electron chi connectivity index (χ3n) is 3.86. The van der Waals surface area contributed by atoms with Crippen LogP contribution in [-0.2, 0) is 9.84 Å². The van der Waals surface area contributed by atoms with Crippen LogP contribution in [0.3, 0.4) is 0 Å². The molecule has 0 aliphatic heterocycles.